The van der Waals surface area contributed by atoms with Gasteiger partial charge in [0.1, 0.15) is 11.5 Å². The summed E-state index contributed by atoms with van der Waals surface area (Å²) >= 11 is 6.31. The quantitative estimate of drug-likeness (QED) is 0.133. The lowest BCUT2D eigenvalue weighted by Gasteiger charge is -2.20. The van der Waals surface area contributed by atoms with Crippen LogP contribution >= 0.6 is 11.6 Å². The van der Waals surface area contributed by atoms with Gasteiger partial charge in [0, 0.05) is 17.3 Å². The lowest BCUT2D eigenvalue weighted by atomic mass is 9.98. The Labute approximate surface area is 272 Å². The molecule has 46 heavy (non-hydrogen) atoms. The first-order valence-corrected chi connectivity index (χ1v) is 15.3. The number of para-hydroxylation sites is 1. The first-order chi connectivity index (χ1) is 22.4. The molecule has 7 heteroatoms. The molecule has 0 radical (unpaired) electrons. The van der Waals surface area contributed by atoms with Crippen molar-refractivity contribution in [3.05, 3.63) is 161 Å². The number of ether oxygens (including phenoxy) is 1. The van der Waals surface area contributed by atoms with Crippen LogP contribution in [0.25, 0.3) is 21.9 Å². The number of nitrogens with one attached hydrogen (secondary N) is 2. The summed E-state index contributed by atoms with van der Waals surface area (Å²) in [6, 6.07) is 43.4. The molecule has 6 nitrogen and oxygen atoms in total. The van der Waals surface area contributed by atoms with E-state index in [2.05, 4.69) is 28.8 Å². The van der Waals surface area contributed by atoms with E-state index in [1.54, 1.807) is 18.2 Å². The number of carbonyl (C=O) groups is 2. The molecule has 0 saturated carbocycles. The van der Waals surface area contributed by atoms with Gasteiger partial charge < -0.3 is 20.5 Å². The van der Waals surface area contributed by atoms with Gasteiger partial charge in [0.05, 0.1) is 18.0 Å². The van der Waals surface area contributed by atoms with Gasteiger partial charge in [-0.25, -0.2) is 0 Å². The number of benzene rings is 6. The minimum atomic E-state index is -1.02. The van der Waals surface area contributed by atoms with E-state index in [4.69, 9.17) is 16.3 Å². The van der Waals surface area contributed by atoms with E-state index in [1.807, 2.05) is 103 Å². The average Bonchev–Trinajstić information content (AvgIpc) is 3.08. The van der Waals surface area contributed by atoms with E-state index < -0.39 is 17.9 Å². The van der Waals surface area contributed by atoms with Crippen molar-refractivity contribution in [1.82, 2.24) is 5.32 Å². The fourth-order valence-electron chi connectivity index (χ4n) is 5.41. The first-order valence-electron chi connectivity index (χ1n) is 14.9. The van der Waals surface area contributed by atoms with Crippen LogP contribution in [0.5, 0.6) is 11.5 Å². The molecule has 0 aromatic heterocycles. The van der Waals surface area contributed by atoms with Crippen LogP contribution in [0.3, 0.4) is 0 Å². The van der Waals surface area contributed by atoms with Crippen molar-refractivity contribution < 1.29 is 19.4 Å². The Morgan fingerprint density at radius 2 is 1.37 bits per heavy atom. The number of anilines is 1. The molecule has 0 saturated heterocycles. The van der Waals surface area contributed by atoms with Gasteiger partial charge in [-0.15, -0.1) is 0 Å². The lowest BCUT2D eigenvalue weighted by Crippen LogP contribution is -2.30. The fourth-order valence-corrected chi connectivity index (χ4v) is 5.58. The standard InChI is InChI=1S/C39H31ClN2O4/c40-31-19-22-36(41-25-30-9-6-8-28-7-4-5-12-34(28)30)35(23-31)39(45)42-37(24-38(43)44)29-15-13-26(14-16-29)27-17-20-33(21-18-27)46-32-10-2-1-3-11-32/h1-23,37,41H,24-25H2,(H,42,45)(H,43,44). The van der Waals surface area contributed by atoms with E-state index in [1.165, 1.54) is 0 Å². The highest BCUT2D eigenvalue weighted by Gasteiger charge is 2.21. The molecule has 0 aliphatic heterocycles. The Bertz CT molecular complexity index is 1970. The summed E-state index contributed by atoms with van der Waals surface area (Å²) in [4.78, 5) is 25.5. The summed E-state index contributed by atoms with van der Waals surface area (Å²) in [5.41, 5.74) is 4.62. The molecule has 0 aliphatic rings. The van der Waals surface area contributed by atoms with Crippen LogP contribution in [-0.4, -0.2) is 17.0 Å². The third-order valence-electron chi connectivity index (χ3n) is 7.74. The van der Waals surface area contributed by atoms with Crippen molar-refractivity contribution >= 4 is 39.9 Å². The smallest absolute Gasteiger partial charge is 0.305 e. The van der Waals surface area contributed by atoms with Crippen LogP contribution in [0, 0.1) is 0 Å². The second-order valence-corrected chi connectivity index (χ2v) is 11.3. The van der Waals surface area contributed by atoms with Crippen LogP contribution in [0.2, 0.25) is 5.02 Å². The minimum absolute atomic E-state index is 0.282. The van der Waals surface area contributed by atoms with E-state index in [-0.39, 0.29) is 6.42 Å². The number of hydrogen-bond donors (Lipinski definition) is 3. The van der Waals surface area contributed by atoms with E-state index in [0.717, 1.165) is 39.0 Å². The third-order valence-corrected chi connectivity index (χ3v) is 7.97. The lowest BCUT2D eigenvalue weighted by molar-refractivity contribution is -0.137. The summed E-state index contributed by atoms with van der Waals surface area (Å²) in [6.07, 6.45) is -0.282. The average molecular weight is 627 g/mol. The van der Waals surface area contributed by atoms with Crippen LogP contribution in [-0.2, 0) is 11.3 Å². The van der Waals surface area contributed by atoms with Gasteiger partial charge in [0.15, 0.2) is 0 Å². The maximum absolute atomic E-state index is 13.6. The summed E-state index contributed by atoms with van der Waals surface area (Å²) in [7, 11) is 0. The zero-order valence-corrected chi connectivity index (χ0v) is 25.6. The molecular formula is C39H31ClN2O4. The van der Waals surface area contributed by atoms with Crippen molar-refractivity contribution in [3.63, 3.8) is 0 Å². The van der Waals surface area contributed by atoms with Gasteiger partial charge in [0.25, 0.3) is 5.91 Å². The normalized spacial score (nSPS) is 11.5. The molecule has 6 aromatic carbocycles. The molecule has 6 rings (SSSR count). The van der Waals surface area contributed by atoms with Gasteiger partial charge >= 0.3 is 5.97 Å². The zero-order valence-electron chi connectivity index (χ0n) is 24.8. The molecule has 0 fully saturated rings. The molecule has 1 unspecified atom stereocenters. The first kappa shape index (κ1) is 30.4. The Morgan fingerprint density at radius 1 is 0.717 bits per heavy atom. The molecule has 6 aromatic rings. The predicted molar refractivity (Wildman–Crippen MR) is 184 cm³/mol. The van der Waals surface area contributed by atoms with E-state index in [9.17, 15) is 14.7 Å². The van der Waals surface area contributed by atoms with Crippen molar-refractivity contribution in [3.8, 4) is 22.6 Å². The number of fused-ring (bicyclic) bond motifs is 1. The molecule has 0 bridgehead atoms. The maximum atomic E-state index is 13.6. The Morgan fingerprint density at radius 3 is 2.11 bits per heavy atom. The topological polar surface area (TPSA) is 87.7 Å². The van der Waals surface area contributed by atoms with Gasteiger partial charge in [0.2, 0.25) is 0 Å². The largest absolute Gasteiger partial charge is 0.481 e. The molecule has 228 valence electrons. The van der Waals surface area contributed by atoms with Gasteiger partial charge in [-0.1, -0.05) is 109 Å². The number of hydrogen-bond acceptors (Lipinski definition) is 4. The molecule has 0 heterocycles. The van der Waals surface area contributed by atoms with E-state index in [0.29, 0.717) is 28.4 Å². The SMILES string of the molecule is O=C(O)CC(NC(=O)c1cc(Cl)ccc1NCc1cccc2ccccc12)c1ccc(-c2ccc(Oc3ccccc3)cc2)cc1. The van der Waals surface area contributed by atoms with Gasteiger partial charge in [-0.3, -0.25) is 9.59 Å². The monoisotopic (exact) mass is 626 g/mol. The van der Waals surface area contributed by atoms with Gasteiger partial charge in [-0.05, 0) is 75.5 Å². The number of aliphatic carboxylic acids is 1. The third kappa shape index (κ3) is 7.37. The van der Waals surface area contributed by atoms with Crippen LogP contribution < -0.4 is 15.4 Å². The Kier molecular flexibility index (Phi) is 9.27. The van der Waals surface area contributed by atoms with Crippen molar-refractivity contribution in [2.45, 2.75) is 19.0 Å². The van der Waals surface area contributed by atoms with Crippen molar-refractivity contribution in [2.24, 2.45) is 0 Å². The van der Waals surface area contributed by atoms with Crippen LogP contribution in [0.4, 0.5) is 5.69 Å². The highest BCUT2D eigenvalue weighted by atomic mass is 35.5. The summed E-state index contributed by atoms with van der Waals surface area (Å²) in [5, 5.41) is 18.7. The maximum Gasteiger partial charge on any atom is 0.305 e. The molecule has 0 aliphatic carbocycles. The molecule has 0 spiro atoms. The molecule has 3 N–H and O–H groups in total. The minimum Gasteiger partial charge on any atom is -0.481 e. The number of carboxylic acid groups (broad SMARTS) is 1. The second kappa shape index (κ2) is 14.0. The zero-order chi connectivity index (χ0) is 31.9. The highest BCUT2D eigenvalue weighted by molar-refractivity contribution is 6.31. The second-order valence-electron chi connectivity index (χ2n) is 10.9. The Hall–Kier alpha value is -5.59. The van der Waals surface area contributed by atoms with E-state index >= 15 is 0 Å². The van der Waals surface area contributed by atoms with Crippen molar-refractivity contribution in [2.75, 3.05) is 5.32 Å². The van der Waals surface area contributed by atoms with Crippen molar-refractivity contribution in [1.29, 1.82) is 0 Å². The fraction of sp³-hybridized carbons (Fsp3) is 0.0769. The number of rotatable bonds is 11. The number of carbonyl (C=O) groups excluding carboxylic acids is 1. The van der Waals surface area contributed by atoms with Crippen LogP contribution in [0.15, 0.2) is 140 Å². The number of amides is 1. The molecule has 1 atom stereocenters. The predicted octanol–water partition coefficient (Wildman–Crippen LogP) is 9.51. The molecular weight excluding hydrogens is 596 g/mol. The molecule has 1 amide bonds. The number of halogens is 1. The van der Waals surface area contributed by atoms with Gasteiger partial charge in [-0.2, -0.15) is 0 Å². The summed E-state index contributed by atoms with van der Waals surface area (Å²) in [6.45, 7) is 0.489. The number of carboxylic acids is 1. The summed E-state index contributed by atoms with van der Waals surface area (Å²) in [5.74, 6) is 0.0374. The Balaban J connectivity index is 1.18. The van der Waals surface area contributed by atoms with Crippen LogP contribution in [0.1, 0.15) is 33.9 Å². The highest BCUT2D eigenvalue weighted by Crippen LogP contribution is 2.29. The summed E-state index contributed by atoms with van der Waals surface area (Å²) < 4.78 is 5.89.